The third-order valence-electron chi connectivity index (χ3n) is 4.95. The highest BCUT2D eigenvalue weighted by Gasteiger charge is 2.16. The number of nitrogens with zero attached hydrogens (tertiary/aromatic N) is 1. The van der Waals surface area contributed by atoms with Crippen molar-refractivity contribution in [2.45, 2.75) is 26.5 Å². The van der Waals surface area contributed by atoms with E-state index in [1.165, 1.54) is 0 Å². The Morgan fingerprint density at radius 3 is 2.43 bits per heavy atom. The fourth-order valence-electron chi connectivity index (χ4n) is 3.24. The molecule has 6 nitrogen and oxygen atoms in total. The van der Waals surface area contributed by atoms with Gasteiger partial charge in [-0.3, -0.25) is 4.79 Å². The van der Waals surface area contributed by atoms with Gasteiger partial charge in [0, 0.05) is 43.4 Å². The van der Waals surface area contributed by atoms with E-state index in [1.807, 2.05) is 72.1 Å². The Balaban J connectivity index is 1.47. The number of urea groups is 1. The molecule has 160 valence electrons. The number of ether oxygens (including phenoxy) is 1. The first-order valence-corrected chi connectivity index (χ1v) is 11.4. The molecule has 1 aliphatic heterocycles. The summed E-state index contributed by atoms with van der Waals surface area (Å²) >= 11 is 1.89. The van der Waals surface area contributed by atoms with Crippen LogP contribution in [0.1, 0.15) is 23.6 Å². The van der Waals surface area contributed by atoms with E-state index in [-0.39, 0.29) is 11.9 Å². The number of carbonyl (C=O) groups excluding carboxylic acids is 2. The predicted molar refractivity (Wildman–Crippen MR) is 122 cm³/mol. The van der Waals surface area contributed by atoms with Gasteiger partial charge >= 0.3 is 6.03 Å². The fourth-order valence-corrected chi connectivity index (χ4v) is 4.14. The molecule has 1 saturated heterocycles. The number of rotatable bonds is 8. The lowest BCUT2D eigenvalue weighted by Crippen LogP contribution is -2.38. The molecule has 30 heavy (non-hydrogen) atoms. The summed E-state index contributed by atoms with van der Waals surface area (Å²) in [5.41, 5.74) is 3.75. The highest BCUT2D eigenvalue weighted by molar-refractivity contribution is 7.99. The number of amides is 3. The van der Waals surface area contributed by atoms with Crippen molar-refractivity contribution in [2.75, 3.05) is 36.5 Å². The number of benzene rings is 2. The molecule has 0 radical (unpaired) electrons. The van der Waals surface area contributed by atoms with Crippen LogP contribution in [0.4, 0.5) is 10.5 Å². The molecular weight excluding hydrogens is 398 g/mol. The van der Waals surface area contributed by atoms with Crippen LogP contribution in [0.5, 0.6) is 0 Å². The first-order chi connectivity index (χ1) is 14.7. The third kappa shape index (κ3) is 6.78. The summed E-state index contributed by atoms with van der Waals surface area (Å²) in [4.78, 5) is 26.6. The Bertz CT molecular complexity index is 836. The van der Waals surface area contributed by atoms with Crippen LogP contribution in [0.25, 0.3) is 0 Å². The van der Waals surface area contributed by atoms with Crippen molar-refractivity contribution >= 4 is 29.4 Å². The average Bonchev–Trinajstić information content (AvgIpc) is 2.78. The van der Waals surface area contributed by atoms with Gasteiger partial charge in [0.05, 0.1) is 13.0 Å². The lowest BCUT2D eigenvalue weighted by atomic mass is 10.1. The molecule has 0 spiro atoms. The Morgan fingerprint density at radius 2 is 1.73 bits per heavy atom. The molecular formula is C23H29N3O3S. The zero-order valence-electron chi connectivity index (χ0n) is 17.4. The number of thioether (sulfide) groups is 1. The van der Waals surface area contributed by atoms with Gasteiger partial charge in [0.25, 0.3) is 0 Å². The molecule has 7 heteroatoms. The lowest BCUT2D eigenvalue weighted by Gasteiger charge is -2.26. The van der Waals surface area contributed by atoms with Gasteiger partial charge in [0.1, 0.15) is 0 Å². The molecule has 2 N–H and O–H groups in total. The van der Waals surface area contributed by atoms with E-state index < -0.39 is 0 Å². The van der Waals surface area contributed by atoms with Crippen molar-refractivity contribution in [3.8, 4) is 0 Å². The molecule has 1 fully saturated rings. The van der Waals surface area contributed by atoms with Gasteiger partial charge < -0.3 is 20.3 Å². The summed E-state index contributed by atoms with van der Waals surface area (Å²) in [5, 5.41) is 5.73. The zero-order valence-corrected chi connectivity index (χ0v) is 18.2. The minimum Gasteiger partial charge on any atom is -0.377 e. The van der Waals surface area contributed by atoms with Crippen molar-refractivity contribution in [1.29, 1.82) is 0 Å². The summed E-state index contributed by atoms with van der Waals surface area (Å²) < 4.78 is 5.48. The maximum absolute atomic E-state index is 12.4. The molecule has 2 aromatic carbocycles. The van der Waals surface area contributed by atoms with E-state index in [2.05, 4.69) is 10.6 Å². The number of carbonyl (C=O) groups is 2. The fraction of sp³-hybridized carbons (Fsp3) is 0.391. The smallest absolute Gasteiger partial charge is 0.319 e. The second-order valence-corrected chi connectivity index (χ2v) is 8.31. The van der Waals surface area contributed by atoms with Gasteiger partial charge in [-0.2, -0.15) is 11.8 Å². The highest BCUT2D eigenvalue weighted by Crippen LogP contribution is 2.14. The maximum Gasteiger partial charge on any atom is 0.319 e. The van der Waals surface area contributed by atoms with Crippen molar-refractivity contribution in [3.05, 3.63) is 65.2 Å². The second-order valence-electron chi connectivity index (χ2n) is 7.08. The van der Waals surface area contributed by atoms with E-state index in [0.29, 0.717) is 31.9 Å². The van der Waals surface area contributed by atoms with Crippen LogP contribution in [-0.4, -0.2) is 48.0 Å². The Labute approximate surface area is 182 Å². The monoisotopic (exact) mass is 427 g/mol. The summed E-state index contributed by atoms with van der Waals surface area (Å²) in [6, 6.07) is 15.1. The minimum atomic E-state index is -0.268. The number of anilines is 1. The standard InChI is InChI=1S/C23H29N3O3S/c1-2-29-17-20-6-4-3-5-19(20)16-24-23(28)25-21-9-7-18(8-10-21)15-22(27)26-11-13-30-14-12-26/h3-10H,2,11-17H2,1H3,(H2,24,25,28). The Kier molecular flexibility index (Phi) is 8.59. The molecule has 3 rings (SSSR count). The van der Waals surface area contributed by atoms with Crippen molar-refractivity contribution < 1.29 is 14.3 Å². The van der Waals surface area contributed by atoms with Crippen LogP contribution >= 0.6 is 11.8 Å². The zero-order chi connectivity index (χ0) is 21.2. The van der Waals surface area contributed by atoms with E-state index in [4.69, 9.17) is 4.74 Å². The average molecular weight is 428 g/mol. The van der Waals surface area contributed by atoms with E-state index in [0.717, 1.165) is 41.3 Å². The molecule has 0 bridgehead atoms. The molecule has 1 heterocycles. The van der Waals surface area contributed by atoms with Gasteiger partial charge in [0.15, 0.2) is 0 Å². The highest BCUT2D eigenvalue weighted by atomic mass is 32.2. The van der Waals surface area contributed by atoms with Gasteiger partial charge in [-0.1, -0.05) is 36.4 Å². The molecule has 0 aromatic heterocycles. The Hall–Kier alpha value is -2.51. The molecule has 3 amide bonds. The normalized spacial score (nSPS) is 13.7. The van der Waals surface area contributed by atoms with E-state index in [1.54, 1.807) is 0 Å². The van der Waals surface area contributed by atoms with Crippen LogP contribution in [-0.2, 0) is 29.1 Å². The Morgan fingerprint density at radius 1 is 1.03 bits per heavy atom. The van der Waals surface area contributed by atoms with Gasteiger partial charge in [-0.05, 0) is 35.7 Å². The summed E-state index contributed by atoms with van der Waals surface area (Å²) in [6.07, 6.45) is 0.397. The predicted octanol–water partition coefficient (Wildman–Crippen LogP) is 3.66. The first kappa shape index (κ1) is 22.2. The number of hydrogen-bond donors (Lipinski definition) is 2. The summed E-state index contributed by atoms with van der Waals surface area (Å²) in [6.45, 7) is 5.24. The van der Waals surface area contributed by atoms with Crippen LogP contribution in [0.3, 0.4) is 0 Å². The molecule has 0 aliphatic carbocycles. The first-order valence-electron chi connectivity index (χ1n) is 10.3. The molecule has 0 unspecified atom stereocenters. The van der Waals surface area contributed by atoms with Gasteiger partial charge in [-0.15, -0.1) is 0 Å². The van der Waals surface area contributed by atoms with Crippen LogP contribution in [0, 0.1) is 0 Å². The topological polar surface area (TPSA) is 70.7 Å². The maximum atomic E-state index is 12.4. The van der Waals surface area contributed by atoms with Gasteiger partial charge in [-0.25, -0.2) is 4.79 Å². The molecule has 1 aliphatic rings. The minimum absolute atomic E-state index is 0.166. The summed E-state index contributed by atoms with van der Waals surface area (Å²) in [5.74, 6) is 2.19. The largest absolute Gasteiger partial charge is 0.377 e. The van der Waals surface area contributed by atoms with Crippen LogP contribution < -0.4 is 10.6 Å². The van der Waals surface area contributed by atoms with Crippen LogP contribution in [0.15, 0.2) is 48.5 Å². The lowest BCUT2D eigenvalue weighted by molar-refractivity contribution is -0.130. The molecule has 0 saturated carbocycles. The van der Waals surface area contributed by atoms with E-state index in [9.17, 15) is 9.59 Å². The number of nitrogens with one attached hydrogen (secondary N) is 2. The van der Waals surface area contributed by atoms with Crippen molar-refractivity contribution in [1.82, 2.24) is 10.2 Å². The SMILES string of the molecule is CCOCc1ccccc1CNC(=O)Nc1ccc(CC(=O)N2CCSCC2)cc1. The van der Waals surface area contributed by atoms with Gasteiger partial charge in [0.2, 0.25) is 5.91 Å². The quantitative estimate of drug-likeness (QED) is 0.675. The number of hydrogen-bond acceptors (Lipinski definition) is 4. The third-order valence-corrected chi connectivity index (χ3v) is 5.89. The van der Waals surface area contributed by atoms with E-state index >= 15 is 0 Å². The summed E-state index contributed by atoms with van der Waals surface area (Å²) in [7, 11) is 0. The van der Waals surface area contributed by atoms with Crippen molar-refractivity contribution in [3.63, 3.8) is 0 Å². The second kappa shape index (κ2) is 11.6. The molecule has 2 aromatic rings. The van der Waals surface area contributed by atoms with Crippen molar-refractivity contribution in [2.24, 2.45) is 0 Å². The van der Waals surface area contributed by atoms with Crippen LogP contribution in [0.2, 0.25) is 0 Å². The molecule has 0 atom stereocenters.